The van der Waals surface area contributed by atoms with Crippen molar-refractivity contribution in [2.24, 2.45) is 5.73 Å². The zero-order valence-corrected chi connectivity index (χ0v) is 17.6. The van der Waals surface area contributed by atoms with Gasteiger partial charge in [0.25, 0.3) is 0 Å². The number of aryl methyl sites for hydroxylation is 1. The van der Waals surface area contributed by atoms with Gasteiger partial charge in [0, 0.05) is 38.8 Å². The molecule has 1 saturated heterocycles. The Morgan fingerprint density at radius 3 is 2.17 bits per heavy atom. The number of ether oxygens (including phenoxy) is 2. The highest BCUT2D eigenvalue weighted by atomic mass is 16.5. The maximum atomic E-state index is 11.5. The predicted octanol–water partition coefficient (Wildman–Crippen LogP) is 2.68. The van der Waals surface area contributed by atoms with Crippen LogP contribution in [0.15, 0.2) is 48.5 Å². The van der Waals surface area contributed by atoms with E-state index in [9.17, 15) is 4.79 Å². The van der Waals surface area contributed by atoms with Crippen molar-refractivity contribution in [2.75, 3.05) is 38.2 Å². The highest BCUT2D eigenvalue weighted by Crippen LogP contribution is 2.23. The molecule has 2 aromatic rings. The first-order valence-electron chi connectivity index (χ1n) is 10.2. The summed E-state index contributed by atoms with van der Waals surface area (Å²) >= 11 is 0. The fourth-order valence-electron chi connectivity index (χ4n) is 3.55. The highest BCUT2D eigenvalue weighted by Gasteiger charge is 2.19. The standard InChI is InChI=1S/C23H30N4O3/c1-17(28)26-13-15-27(16-14-26)19-6-10-21(11-7-19)30-22(23(24)25)12-5-18-3-8-20(29-2)9-4-18/h3-4,6-11,22H,5,12-16H2,1-2H3,(H3,24,25). The maximum Gasteiger partial charge on any atom is 0.219 e. The Bertz CT molecular complexity index is 844. The molecule has 1 fully saturated rings. The molecule has 7 nitrogen and oxygen atoms in total. The van der Waals surface area contributed by atoms with Gasteiger partial charge in [-0.15, -0.1) is 0 Å². The quantitative estimate of drug-likeness (QED) is 0.516. The van der Waals surface area contributed by atoms with Crippen molar-refractivity contribution in [1.29, 1.82) is 5.41 Å². The summed E-state index contributed by atoms with van der Waals surface area (Å²) in [7, 11) is 1.64. The zero-order chi connectivity index (χ0) is 21.5. The van der Waals surface area contributed by atoms with E-state index in [1.165, 1.54) is 0 Å². The van der Waals surface area contributed by atoms with Crippen molar-refractivity contribution in [3.05, 3.63) is 54.1 Å². The van der Waals surface area contributed by atoms with Gasteiger partial charge in [0.2, 0.25) is 5.91 Å². The third kappa shape index (κ3) is 5.65. The SMILES string of the molecule is COc1ccc(CCC(Oc2ccc(N3CCN(C(C)=O)CC3)cc2)C(=N)N)cc1. The van der Waals surface area contributed by atoms with Gasteiger partial charge in [-0.3, -0.25) is 10.2 Å². The summed E-state index contributed by atoms with van der Waals surface area (Å²) in [5.41, 5.74) is 8.02. The highest BCUT2D eigenvalue weighted by molar-refractivity contribution is 5.82. The fraction of sp³-hybridized carbons (Fsp3) is 0.391. The molecule has 1 atom stereocenters. The topological polar surface area (TPSA) is 91.9 Å². The van der Waals surface area contributed by atoms with Gasteiger partial charge in [0.1, 0.15) is 17.3 Å². The molecule has 0 bridgehead atoms. The van der Waals surface area contributed by atoms with E-state index in [2.05, 4.69) is 4.90 Å². The van der Waals surface area contributed by atoms with E-state index in [1.807, 2.05) is 53.4 Å². The van der Waals surface area contributed by atoms with Crippen LogP contribution in [-0.4, -0.2) is 56.0 Å². The molecule has 3 N–H and O–H groups in total. The molecule has 1 aliphatic rings. The van der Waals surface area contributed by atoms with Crippen LogP contribution in [-0.2, 0) is 11.2 Å². The summed E-state index contributed by atoms with van der Waals surface area (Å²) in [6, 6.07) is 15.7. The third-order valence-corrected chi connectivity index (χ3v) is 5.41. The van der Waals surface area contributed by atoms with Gasteiger partial charge >= 0.3 is 0 Å². The lowest BCUT2D eigenvalue weighted by atomic mass is 10.1. The second kappa shape index (κ2) is 10.0. The summed E-state index contributed by atoms with van der Waals surface area (Å²) in [6.45, 7) is 4.73. The summed E-state index contributed by atoms with van der Waals surface area (Å²) < 4.78 is 11.2. The van der Waals surface area contributed by atoms with E-state index >= 15 is 0 Å². The first-order chi connectivity index (χ1) is 14.5. The van der Waals surface area contributed by atoms with E-state index in [0.29, 0.717) is 12.2 Å². The van der Waals surface area contributed by atoms with E-state index < -0.39 is 6.10 Å². The minimum Gasteiger partial charge on any atom is -0.497 e. The molecular formula is C23H30N4O3. The number of carbonyl (C=O) groups excluding carboxylic acids is 1. The number of piperazine rings is 1. The van der Waals surface area contributed by atoms with E-state index in [-0.39, 0.29) is 11.7 Å². The Labute approximate surface area is 177 Å². The number of methoxy groups -OCH3 is 1. The number of nitrogens with one attached hydrogen (secondary N) is 1. The van der Waals surface area contributed by atoms with E-state index in [1.54, 1.807) is 14.0 Å². The first-order valence-corrected chi connectivity index (χ1v) is 10.2. The second-order valence-electron chi connectivity index (χ2n) is 7.44. The number of hydrogen-bond donors (Lipinski definition) is 2. The second-order valence-corrected chi connectivity index (χ2v) is 7.44. The summed E-state index contributed by atoms with van der Waals surface area (Å²) in [6.07, 6.45) is 0.903. The number of benzene rings is 2. The van der Waals surface area contributed by atoms with Crippen LogP contribution in [0.4, 0.5) is 5.69 Å². The van der Waals surface area contributed by atoms with Crippen molar-refractivity contribution in [2.45, 2.75) is 25.9 Å². The number of nitrogens with zero attached hydrogens (tertiary/aromatic N) is 2. The van der Waals surface area contributed by atoms with Crippen molar-refractivity contribution < 1.29 is 14.3 Å². The van der Waals surface area contributed by atoms with Gasteiger partial charge in [-0.05, 0) is 54.8 Å². The number of carbonyl (C=O) groups is 1. The molecule has 0 aliphatic carbocycles. The molecule has 0 spiro atoms. The number of amidine groups is 1. The zero-order valence-electron chi connectivity index (χ0n) is 17.6. The lowest BCUT2D eigenvalue weighted by Crippen LogP contribution is -2.48. The van der Waals surface area contributed by atoms with E-state index in [4.69, 9.17) is 20.6 Å². The molecular weight excluding hydrogens is 380 g/mol. The van der Waals surface area contributed by atoms with Crippen molar-refractivity contribution in [1.82, 2.24) is 4.90 Å². The minimum absolute atomic E-state index is 0.0212. The number of rotatable bonds is 8. The smallest absolute Gasteiger partial charge is 0.219 e. The molecule has 3 rings (SSSR count). The van der Waals surface area contributed by atoms with Crippen molar-refractivity contribution >= 4 is 17.4 Å². The minimum atomic E-state index is -0.475. The van der Waals surface area contributed by atoms with Gasteiger partial charge < -0.3 is 25.0 Å². The van der Waals surface area contributed by atoms with Crippen LogP contribution >= 0.6 is 0 Å². The molecule has 160 valence electrons. The first kappa shape index (κ1) is 21.5. The van der Waals surface area contributed by atoms with Crippen LogP contribution in [0.1, 0.15) is 18.9 Å². The molecule has 0 saturated carbocycles. The molecule has 30 heavy (non-hydrogen) atoms. The summed E-state index contributed by atoms with van der Waals surface area (Å²) in [4.78, 5) is 15.6. The molecule has 7 heteroatoms. The van der Waals surface area contributed by atoms with Crippen LogP contribution in [0.25, 0.3) is 0 Å². The summed E-state index contributed by atoms with van der Waals surface area (Å²) in [5, 5.41) is 7.88. The van der Waals surface area contributed by atoms with Crippen molar-refractivity contribution in [3.8, 4) is 11.5 Å². The normalized spacial score (nSPS) is 14.9. The van der Waals surface area contributed by atoms with Crippen LogP contribution < -0.4 is 20.1 Å². The average Bonchev–Trinajstić information content (AvgIpc) is 2.77. The largest absolute Gasteiger partial charge is 0.497 e. The molecule has 1 heterocycles. The molecule has 1 unspecified atom stereocenters. The lowest BCUT2D eigenvalue weighted by Gasteiger charge is -2.35. The van der Waals surface area contributed by atoms with Crippen molar-refractivity contribution in [3.63, 3.8) is 0 Å². The Morgan fingerprint density at radius 1 is 1.03 bits per heavy atom. The van der Waals surface area contributed by atoms with Crippen LogP contribution in [0, 0.1) is 5.41 Å². The van der Waals surface area contributed by atoms with Crippen LogP contribution in [0.5, 0.6) is 11.5 Å². The Kier molecular flexibility index (Phi) is 7.17. The Hall–Kier alpha value is -3.22. The van der Waals surface area contributed by atoms with Crippen LogP contribution in [0.3, 0.4) is 0 Å². The van der Waals surface area contributed by atoms with Gasteiger partial charge in [-0.2, -0.15) is 0 Å². The number of anilines is 1. The molecule has 2 aromatic carbocycles. The van der Waals surface area contributed by atoms with Gasteiger partial charge in [0.05, 0.1) is 7.11 Å². The number of hydrogen-bond acceptors (Lipinski definition) is 5. The molecule has 1 amide bonds. The monoisotopic (exact) mass is 410 g/mol. The van der Waals surface area contributed by atoms with Crippen LogP contribution in [0.2, 0.25) is 0 Å². The molecule has 0 radical (unpaired) electrons. The Morgan fingerprint density at radius 2 is 1.63 bits per heavy atom. The molecule has 1 aliphatic heterocycles. The molecule has 0 aromatic heterocycles. The fourth-order valence-corrected chi connectivity index (χ4v) is 3.55. The Balaban J connectivity index is 1.55. The number of amides is 1. The van der Waals surface area contributed by atoms with Gasteiger partial charge in [-0.25, -0.2) is 0 Å². The lowest BCUT2D eigenvalue weighted by molar-refractivity contribution is -0.129. The summed E-state index contributed by atoms with van der Waals surface area (Å²) in [5.74, 6) is 1.66. The van der Waals surface area contributed by atoms with Gasteiger partial charge in [-0.1, -0.05) is 12.1 Å². The average molecular weight is 411 g/mol. The number of nitrogens with two attached hydrogens (primary N) is 1. The maximum absolute atomic E-state index is 11.5. The predicted molar refractivity (Wildman–Crippen MR) is 119 cm³/mol. The third-order valence-electron chi connectivity index (χ3n) is 5.41. The van der Waals surface area contributed by atoms with Gasteiger partial charge in [0.15, 0.2) is 6.10 Å². The van der Waals surface area contributed by atoms with E-state index in [0.717, 1.165) is 49.6 Å².